The van der Waals surface area contributed by atoms with Crippen molar-refractivity contribution >= 4 is 5.69 Å². The Balaban J connectivity index is 2.46. The standard InChI is InChI=1S/C15H25NO/c1-4-5-13-6-8-15(9-7-13)16-10-14(11-17)12(2)3/h6-9,12,14,16-17H,4-5,10-11H2,1-3H3. The molecule has 0 saturated heterocycles. The van der Waals surface area contributed by atoms with E-state index in [-0.39, 0.29) is 6.61 Å². The lowest BCUT2D eigenvalue weighted by Gasteiger charge is -2.19. The molecule has 17 heavy (non-hydrogen) atoms. The summed E-state index contributed by atoms with van der Waals surface area (Å²) in [5.41, 5.74) is 2.53. The van der Waals surface area contributed by atoms with E-state index in [9.17, 15) is 5.11 Å². The van der Waals surface area contributed by atoms with Gasteiger partial charge in [0.25, 0.3) is 0 Å². The quantitative estimate of drug-likeness (QED) is 0.760. The molecule has 2 heteroatoms. The average molecular weight is 235 g/mol. The number of hydrogen-bond donors (Lipinski definition) is 2. The summed E-state index contributed by atoms with van der Waals surface area (Å²) in [5, 5.41) is 12.6. The Kier molecular flexibility index (Phi) is 6.06. The third-order valence-corrected chi connectivity index (χ3v) is 3.24. The third kappa shape index (κ3) is 4.78. The molecule has 96 valence electrons. The number of anilines is 1. The molecule has 0 aliphatic rings. The molecule has 0 aromatic heterocycles. The van der Waals surface area contributed by atoms with Gasteiger partial charge in [0.1, 0.15) is 0 Å². The van der Waals surface area contributed by atoms with Crippen LogP contribution in [0, 0.1) is 11.8 Å². The van der Waals surface area contributed by atoms with E-state index < -0.39 is 0 Å². The summed E-state index contributed by atoms with van der Waals surface area (Å²) in [4.78, 5) is 0. The zero-order chi connectivity index (χ0) is 12.7. The summed E-state index contributed by atoms with van der Waals surface area (Å²) < 4.78 is 0. The molecular formula is C15H25NO. The first-order valence-corrected chi connectivity index (χ1v) is 6.61. The van der Waals surface area contributed by atoms with E-state index in [0.29, 0.717) is 11.8 Å². The van der Waals surface area contributed by atoms with E-state index in [4.69, 9.17) is 0 Å². The van der Waals surface area contributed by atoms with Crippen molar-refractivity contribution in [3.8, 4) is 0 Å². The molecule has 0 bridgehead atoms. The summed E-state index contributed by atoms with van der Waals surface area (Å²) >= 11 is 0. The van der Waals surface area contributed by atoms with Gasteiger partial charge in [0.15, 0.2) is 0 Å². The fourth-order valence-corrected chi connectivity index (χ4v) is 1.84. The highest BCUT2D eigenvalue weighted by Crippen LogP contribution is 2.14. The second-order valence-corrected chi connectivity index (χ2v) is 5.01. The molecule has 1 aromatic rings. The van der Waals surface area contributed by atoms with Crippen molar-refractivity contribution < 1.29 is 5.11 Å². The lowest BCUT2D eigenvalue weighted by molar-refractivity contribution is 0.198. The Morgan fingerprint density at radius 3 is 2.29 bits per heavy atom. The van der Waals surface area contributed by atoms with Crippen LogP contribution in [0.5, 0.6) is 0 Å². The fraction of sp³-hybridized carbons (Fsp3) is 0.600. The Hall–Kier alpha value is -1.02. The molecular weight excluding hydrogens is 210 g/mol. The monoisotopic (exact) mass is 235 g/mol. The van der Waals surface area contributed by atoms with E-state index >= 15 is 0 Å². The van der Waals surface area contributed by atoms with Gasteiger partial charge < -0.3 is 10.4 Å². The molecule has 0 amide bonds. The summed E-state index contributed by atoms with van der Waals surface area (Å²) in [6, 6.07) is 8.60. The van der Waals surface area contributed by atoms with Crippen LogP contribution < -0.4 is 5.32 Å². The number of rotatable bonds is 7. The highest BCUT2D eigenvalue weighted by atomic mass is 16.3. The molecule has 1 atom stereocenters. The number of aliphatic hydroxyl groups is 1. The highest BCUT2D eigenvalue weighted by Gasteiger charge is 2.11. The lowest BCUT2D eigenvalue weighted by Crippen LogP contribution is -2.22. The van der Waals surface area contributed by atoms with Crippen LogP contribution in [-0.2, 0) is 6.42 Å². The van der Waals surface area contributed by atoms with Crippen molar-refractivity contribution in [1.82, 2.24) is 0 Å². The summed E-state index contributed by atoms with van der Waals surface area (Å²) in [7, 11) is 0. The largest absolute Gasteiger partial charge is 0.396 e. The van der Waals surface area contributed by atoms with Crippen LogP contribution in [0.1, 0.15) is 32.8 Å². The van der Waals surface area contributed by atoms with Crippen molar-refractivity contribution in [1.29, 1.82) is 0 Å². The first-order chi connectivity index (χ1) is 8.17. The first kappa shape index (κ1) is 14.0. The molecule has 0 aliphatic heterocycles. The minimum Gasteiger partial charge on any atom is -0.396 e. The second-order valence-electron chi connectivity index (χ2n) is 5.01. The number of nitrogens with one attached hydrogen (secondary N) is 1. The van der Waals surface area contributed by atoms with Crippen molar-refractivity contribution in [3.05, 3.63) is 29.8 Å². The maximum atomic E-state index is 9.25. The van der Waals surface area contributed by atoms with Gasteiger partial charge >= 0.3 is 0 Å². The summed E-state index contributed by atoms with van der Waals surface area (Å²) in [6.45, 7) is 7.57. The van der Waals surface area contributed by atoms with Crippen LogP contribution in [-0.4, -0.2) is 18.3 Å². The second kappa shape index (κ2) is 7.33. The maximum absolute atomic E-state index is 9.25. The predicted octanol–water partition coefficient (Wildman–Crippen LogP) is 3.32. The SMILES string of the molecule is CCCc1ccc(NCC(CO)C(C)C)cc1. The van der Waals surface area contributed by atoms with Crippen molar-refractivity contribution in [2.75, 3.05) is 18.5 Å². The number of benzene rings is 1. The highest BCUT2D eigenvalue weighted by molar-refractivity contribution is 5.44. The zero-order valence-electron chi connectivity index (χ0n) is 11.2. The van der Waals surface area contributed by atoms with Gasteiger partial charge in [-0.3, -0.25) is 0 Å². The van der Waals surface area contributed by atoms with E-state index in [1.807, 2.05) is 0 Å². The van der Waals surface area contributed by atoms with Gasteiger partial charge in [-0.25, -0.2) is 0 Å². The van der Waals surface area contributed by atoms with Gasteiger partial charge in [-0.2, -0.15) is 0 Å². The van der Waals surface area contributed by atoms with E-state index in [1.54, 1.807) is 0 Å². The molecule has 1 aromatic carbocycles. The Bertz CT molecular complexity index is 305. The molecule has 0 aliphatic carbocycles. The van der Waals surface area contributed by atoms with Gasteiger partial charge in [0, 0.05) is 24.8 Å². The number of aliphatic hydroxyl groups excluding tert-OH is 1. The van der Waals surface area contributed by atoms with Gasteiger partial charge in [-0.1, -0.05) is 39.3 Å². The molecule has 2 nitrogen and oxygen atoms in total. The van der Waals surface area contributed by atoms with Crippen molar-refractivity contribution in [2.45, 2.75) is 33.6 Å². The van der Waals surface area contributed by atoms with Crippen LogP contribution in [0.3, 0.4) is 0 Å². The van der Waals surface area contributed by atoms with E-state index in [1.165, 1.54) is 12.0 Å². The van der Waals surface area contributed by atoms with Crippen molar-refractivity contribution in [3.63, 3.8) is 0 Å². The topological polar surface area (TPSA) is 32.3 Å². The van der Waals surface area contributed by atoms with Gasteiger partial charge in [0.2, 0.25) is 0 Å². The summed E-state index contributed by atoms with van der Waals surface area (Å²) in [5.74, 6) is 0.831. The normalized spacial score (nSPS) is 12.8. The molecule has 2 N–H and O–H groups in total. The smallest absolute Gasteiger partial charge is 0.0478 e. The Morgan fingerprint density at radius 1 is 1.18 bits per heavy atom. The fourth-order valence-electron chi connectivity index (χ4n) is 1.84. The minimum absolute atomic E-state index is 0.249. The molecule has 0 radical (unpaired) electrons. The van der Waals surface area contributed by atoms with E-state index in [2.05, 4.69) is 50.4 Å². The Morgan fingerprint density at radius 2 is 1.82 bits per heavy atom. The molecule has 0 spiro atoms. The van der Waals surface area contributed by atoms with Gasteiger partial charge in [-0.15, -0.1) is 0 Å². The first-order valence-electron chi connectivity index (χ1n) is 6.61. The van der Waals surface area contributed by atoms with Crippen LogP contribution >= 0.6 is 0 Å². The minimum atomic E-state index is 0.249. The zero-order valence-corrected chi connectivity index (χ0v) is 11.2. The Labute approximate surface area is 105 Å². The van der Waals surface area contributed by atoms with E-state index in [0.717, 1.165) is 18.7 Å². The van der Waals surface area contributed by atoms with Gasteiger partial charge in [-0.05, 0) is 30.0 Å². The summed E-state index contributed by atoms with van der Waals surface area (Å²) in [6.07, 6.45) is 2.33. The predicted molar refractivity (Wildman–Crippen MR) is 74.3 cm³/mol. The molecule has 1 rings (SSSR count). The molecule has 1 unspecified atom stereocenters. The van der Waals surface area contributed by atoms with Gasteiger partial charge in [0.05, 0.1) is 0 Å². The molecule has 0 saturated carbocycles. The van der Waals surface area contributed by atoms with Crippen LogP contribution in [0.15, 0.2) is 24.3 Å². The molecule has 0 heterocycles. The number of hydrogen-bond acceptors (Lipinski definition) is 2. The van der Waals surface area contributed by atoms with Crippen molar-refractivity contribution in [2.24, 2.45) is 11.8 Å². The maximum Gasteiger partial charge on any atom is 0.0478 e. The van der Waals surface area contributed by atoms with Crippen LogP contribution in [0.2, 0.25) is 0 Å². The average Bonchev–Trinajstić information content (AvgIpc) is 2.32. The van der Waals surface area contributed by atoms with Crippen LogP contribution in [0.25, 0.3) is 0 Å². The number of aryl methyl sites for hydroxylation is 1. The lowest BCUT2D eigenvalue weighted by atomic mass is 9.97. The third-order valence-electron chi connectivity index (χ3n) is 3.24. The van der Waals surface area contributed by atoms with Crippen LogP contribution in [0.4, 0.5) is 5.69 Å². The molecule has 0 fully saturated rings.